The van der Waals surface area contributed by atoms with Gasteiger partial charge in [0.2, 0.25) is 0 Å². The fraction of sp³-hybridized carbons (Fsp3) is 0.500. The number of pyridine rings is 1. The number of amides is 4. The summed E-state index contributed by atoms with van der Waals surface area (Å²) in [5.74, 6) is -0.349. The quantitative estimate of drug-likeness (QED) is 0.810. The molecule has 0 bridgehead atoms. The Labute approximate surface area is 134 Å². The van der Waals surface area contributed by atoms with Crippen LogP contribution >= 0.6 is 0 Å². The minimum Gasteiger partial charge on any atom is -0.322 e. The van der Waals surface area contributed by atoms with E-state index in [-0.39, 0.29) is 5.91 Å². The van der Waals surface area contributed by atoms with E-state index in [9.17, 15) is 14.4 Å². The summed E-state index contributed by atoms with van der Waals surface area (Å²) in [6, 6.07) is 2.73. The molecule has 1 spiro atoms. The van der Waals surface area contributed by atoms with Gasteiger partial charge in [0, 0.05) is 11.9 Å². The molecule has 7 nitrogen and oxygen atoms in total. The normalized spacial score (nSPS) is 27.2. The summed E-state index contributed by atoms with van der Waals surface area (Å²) in [6.07, 6.45) is 4.40. The number of aromatic nitrogens is 1. The fourth-order valence-corrected chi connectivity index (χ4v) is 3.08. The van der Waals surface area contributed by atoms with Crippen LogP contribution in [0.25, 0.3) is 0 Å². The van der Waals surface area contributed by atoms with E-state index in [0.717, 1.165) is 23.5 Å². The second-order valence-electron chi connectivity index (χ2n) is 6.46. The van der Waals surface area contributed by atoms with Crippen molar-refractivity contribution >= 4 is 17.8 Å². The molecule has 1 saturated carbocycles. The molecule has 0 atom stereocenters. The van der Waals surface area contributed by atoms with Gasteiger partial charge < -0.3 is 5.32 Å². The lowest BCUT2D eigenvalue weighted by molar-refractivity contribution is -0.134. The highest BCUT2D eigenvalue weighted by Crippen LogP contribution is 2.35. The predicted octanol–water partition coefficient (Wildman–Crippen LogP) is 1.54. The smallest absolute Gasteiger partial charge is 0.322 e. The standard InChI is InChI=1S/C16H20N4O3/c1-10-5-7-16(8-6-10)14(22)20(15(23)18-16)19-13(21)12-4-3-11(2)17-9-12/h3-4,9-10H,5-8H2,1-2H3,(H,18,23)(H,19,21). The van der Waals surface area contributed by atoms with Crippen LogP contribution in [0.5, 0.6) is 0 Å². The highest BCUT2D eigenvalue weighted by atomic mass is 16.2. The van der Waals surface area contributed by atoms with Gasteiger partial charge in [-0.2, -0.15) is 5.01 Å². The Kier molecular flexibility index (Phi) is 3.79. The van der Waals surface area contributed by atoms with Gasteiger partial charge in [-0.1, -0.05) is 6.92 Å². The predicted molar refractivity (Wildman–Crippen MR) is 82.2 cm³/mol. The molecule has 1 aromatic heterocycles. The molecule has 2 N–H and O–H groups in total. The number of rotatable bonds is 2. The average Bonchev–Trinajstić information content (AvgIpc) is 2.75. The minimum absolute atomic E-state index is 0.300. The molecule has 0 unspecified atom stereocenters. The zero-order valence-electron chi connectivity index (χ0n) is 13.3. The molecule has 2 heterocycles. The van der Waals surface area contributed by atoms with Crippen LogP contribution in [0.1, 0.15) is 48.7 Å². The van der Waals surface area contributed by atoms with E-state index >= 15 is 0 Å². The van der Waals surface area contributed by atoms with Gasteiger partial charge >= 0.3 is 6.03 Å². The Balaban J connectivity index is 1.73. The molecule has 122 valence electrons. The van der Waals surface area contributed by atoms with Crippen molar-refractivity contribution in [1.29, 1.82) is 0 Å². The maximum Gasteiger partial charge on any atom is 0.344 e. The first-order chi connectivity index (χ1) is 10.9. The maximum absolute atomic E-state index is 12.6. The second kappa shape index (κ2) is 5.64. The molecule has 3 rings (SSSR count). The number of hydrazine groups is 1. The zero-order chi connectivity index (χ0) is 16.6. The molecule has 23 heavy (non-hydrogen) atoms. The number of nitrogens with one attached hydrogen (secondary N) is 2. The molecule has 4 amide bonds. The van der Waals surface area contributed by atoms with Crippen molar-refractivity contribution in [3.05, 3.63) is 29.6 Å². The number of aryl methyl sites for hydroxylation is 1. The Morgan fingerprint density at radius 2 is 2.04 bits per heavy atom. The number of nitrogens with zero attached hydrogens (tertiary/aromatic N) is 2. The van der Waals surface area contributed by atoms with E-state index in [2.05, 4.69) is 22.7 Å². The van der Waals surface area contributed by atoms with Crippen LogP contribution in [-0.4, -0.2) is 33.4 Å². The van der Waals surface area contributed by atoms with Gasteiger partial charge in [-0.15, -0.1) is 0 Å². The van der Waals surface area contributed by atoms with Gasteiger partial charge in [0.25, 0.3) is 11.8 Å². The van der Waals surface area contributed by atoms with Gasteiger partial charge in [-0.25, -0.2) is 4.79 Å². The summed E-state index contributed by atoms with van der Waals surface area (Å²) in [6.45, 7) is 3.95. The van der Waals surface area contributed by atoms with E-state index in [1.54, 1.807) is 12.1 Å². The van der Waals surface area contributed by atoms with Crippen LogP contribution in [0, 0.1) is 12.8 Å². The van der Waals surface area contributed by atoms with Crippen LogP contribution in [0.2, 0.25) is 0 Å². The van der Waals surface area contributed by atoms with E-state index < -0.39 is 17.5 Å². The van der Waals surface area contributed by atoms with Crippen molar-refractivity contribution in [2.24, 2.45) is 5.92 Å². The fourth-order valence-electron chi connectivity index (χ4n) is 3.08. The lowest BCUT2D eigenvalue weighted by Crippen LogP contribution is -2.51. The topological polar surface area (TPSA) is 91.4 Å². The van der Waals surface area contributed by atoms with Crippen LogP contribution in [-0.2, 0) is 4.79 Å². The van der Waals surface area contributed by atoms with Crippen molar-refractivity contribution in [1.82, 2.24) is 20.7 Å². The zero-order valence-corrected chi connectivity index (χ0v) is 13.3. The summed E-state index contributed by atoms with van der Waals surface area (Å²) in [4.78, 5) is 41.0. The molecular weight excluding hydrogens is 296 g/mol. The molecule has 2 aliphatic rings. The molecule has 0 radical (unpaired) electrons. The van der Waals surface area contributed by atoms with Gasteiger partial charge in [0.05, 0.1) is 5.56 Å². The number of carbonyl (C=O) groups excluding carboxylic acids is 3. The van der Waals surface area contributed by atoms with E-state index in [1.165, 1.54) is 6.20 Å². The third kappa shape index (κ3) is 2.78. The summed E-state index contributed by atoms with van der Waals surface area (Å²) in [5, 5.41) is 3.57. The third-order valence-electron chi connectivity index (χ3n) is 4.68. The molecule has 0 aromatic carbocycles. The van der Waals surface area contributed by atoms with Crippen LogP contribution in [0.15, 0.2) is 18.3 Å². The number of hydrogen-bond donors (Lipinski definition) is 2. The highest BCUT2D eigenvalue weighted by molar-refractivity contribution is 6.09. The summed E-state index contributed by atoms with van der Waals surface area (Å²) in [5.41, 5.74) is 2.62. The Morgan fingerprint density at radius 3 is 2.65 bits per heavy atom. The maximum atomic E-state index is 12.6. The Hall–Kier alpha value is -2.44. The average molecular weight is 316 g/mol. The van der Waals surface area contributed by atoms with Crippen molar-refractivity contribution in [3.8, 4) is 0 Å². The number of hydrogen-bond acceptors (Lipinski definition) is 4. The van der Waals surface area contributed by atoms with E-state index in [1.807, 2.05) is 6.92 Å². The first-order valence-corrected chi connectivity index (χ1v) is 7.82. The first kappa shape index (κ1) is 15.5. The second-order valence-corrected chi connectivity index (χ2v) is 6.46. The molecular formula is C16H20N4O3. The minimum atomic E-state index is -0.859. The van der Waals surface area contributed by atoms with Crippen molar-refractivity contribution in [2.45, 2.75) is 45.1 Å². The Morgan fingerprint density at radius 1 is 1.35 bits per heavy atom. The Bertz CT molecular complexity index is 648. The monoisotopic (exact) mass is 316 g/mol. The molecule has 1 saturated heterocycles. The molecule has 2 fully saturated rings. The van der Waals surface area contributed by atoms with Crippen molar-refractivity contribution in [3.63, 3.8) is 0 Å². The SMILES string of the molecule is Cc1ccc(C(=O)NN2C(=O)NC3(CCC(C)CC3)C2=O)cn1. The van der Waals surface area contributed by atoms with Crippen molar-refractivity contribution < 1.29 is 14.4 Å². The lowest BCUT2D eigenvalue weighted by Gasteiger charge is -2.33. The molecule has 1 aromatic rings. The number of carbonyl (C=O) groups is 3. The van der Waals surface area contributed by atoms with Gasteiger partial charge in [-0.05, 0) is 50.7 Å². The lowest BCUT2D eigenvalue weighted by atomic mass is 9.77. The van der Waals surface area contributed by atoms with Crippen LogP contribution in [0.4, 0.5) is 4.79 Å². The van der Waals surface area contributed by atoms with E-state index in [4.69, 9.17) is 0 Å². The summed E-state index contributed by atoms with van der Waals surface area (Å²) < 4.78 is 0. The van der Waals surface area contributed by atoms with Crippen LogP contribution < -0.4 is 10.7 Å². The molecule has 1 aliphatic heterocycles. The highest BCUT2D eigenvalue weighted by Gasteiger charge is 2.52. The third-order valence-corrected chi connectivity index (χ3v) is 4.68. The van der Waals surface area contributed by atoms with Crippen LogP contribution in [0.3, 0.4) is 0 Å². The summed E-state index contributed by atoms with van der Waals surface area (Å²) >= 11 is 0. The van der Waals surface area contributed by atoms with Gasteiger partial charge in [0.1, 0.15) is 5.54 Å². The van der Waals surface area contributed by atoms with Crippen molar-refractivity contribution in [2.75, 3.05) is 0 Å². The number of urea groups is 1. The van der Waals surface area contributed by atoms with Gasteiger partial charge in [0.15, 0.2) is 0 Å². The van der Waals surface area contributed by atoms with E-state index in [0.29, 0.717) is 24.3 Å². The van der Waals surface area contributed by atoms with Gasteiger partial charge in [-0.3, -0.25) is 20.0 Å². The number of imide groups is 1. The molecule has 1 aliphatic carbocycles. The molecule has 7 heteroatoms. The summed E-state index contributed by atoms with van der Waals surface area (Å²) in [7, 11) is 0. The largest absolute Gasteiger partial charge is 0.344 e. The first-order valence-electron chi connectivity index (χ1n) is 7.82.